The topological polar surface area (TPSA) is 42.4 Å². The fourth-order valence-electron chi connectivity index (χ4n) is 1.97. The zero-order valence-corrected chi connectivity index (χ0v) is 11.1. The fourth-order valence-corrected chi connectivity index (χ4v) is 2.14. The monoisotopic (exact) mass is 308 g/mol. The van der Waals surface area contributed by atoms with Crippen molar-refractivity contribution >= 4 is 17.5 Å². The van der Waals surface area contributed by atoms with E-state index in [9.17, 15) is 18.0 Å². The van der Waals surface area contributed by atoms with E-state index in [-0.39, 0.29) is 19.2 Å². The standard InChI is InChI=1S/C12H12ClF3N2O2/c13-9-6-17-3-1-10(9)20-8-2-4-18(7-8)11(19)5-12(14,15)16/h1,3,6,8H,2,4-5,7H2. The van der Waals surface area contributed by atoms with Crippen LogP contribution in [0.1, 0.15) is 12.8 Å². The molecule has 8 heteroatoms. The molecule has 0 bridgehead atoms. The van der Waals surface area contributed by atoms with E-state index >= 15 is 0 Å². The number of rotatable bonds is 3. The van der Waals surface area contributed by atoms with Gasteiger partial charge in [0.25, 0.3) is 0 Å². The molecule has 0 radical (unpaired) electrons. The number of pyridine rings is 1. The Morgan fingerprint density at radius 2 is 2.30 bits per heavy atom. The largest absolute Gasteiger partial charge is 0.487 e. The van der Waals surface area contributed by atoms with Gasteiger partial charge >= 0.3 is 6.18 Å². The lowest BCUT2D eigenvalue weighted by Gasteiger charge is -2.18. The van der Waals surface area contributed by atoms with Gasteiger partial charge in [-0.15, -0.1) is 0 Å². The van der Waals surface area contributed by atoms with Crippen LogP contribution in [-0.2, 0) is 4.79 Å². The maximum absolute atomic E-state index is 12.2. The molecule has 1 unspecified atom stereocenters. The third-order valence-electron chi connectivity index (χ3n) is 2.88. The molecular weight excluding hydrogens is 297 g/mol. The summed E-state index contributed by atoms with van der Waals surface area (Å²) >= 11 is 5.87. The summed E-state index contributed by atoms with van der Waals surface area (Å²) in [5.74, 6) is -0.513. The van der Waals surface area contributed by atoms with Crippen molar-refractivity contribution in [3.05, 3.63) is 23.5 Å². The molecule has 1 aromatic heterocycles. The minimum atomic E-state index is -4.48. The number of hydrogen-bond acceptors (Lipinski definition) is 3. The Labute approximate surface area is 118 Å². The van der Waals surface area contributed by atoms with E-state index in [4.69, 9.17) is 16.3 Å². The minimum absolute atomic E-state index is 0.133. The molecule has 1 saturated heterocycles. The highest BCUT2D eigenvalue weighted by atomic mass is 35.5. The van der Waals surface area contributed by atoms with Crippen molar-refractivity contribution in [1.29, 1.82) is 0 Å². The summed E-state index contributed by atoms with van der Waals surface area (Å²) in [5.41, 5.74) is 0. The highest BCUT2D eigenvalue weighted by Gasteiger charge is 2.36. The summed E-state index contributed by atoms with van der Waals surface area (Å²) in [7, 11) is 0. The van der Waals surface area contributed by atoms with Crippen LogP contribution < -0.4 is 4.74 Å². The van der Waals surface area contributed by atoms with Crippen LogP contribution in [0.2, 0.25) is 5.02 Å². The van der Waals surface area contributed by atoms with E-state index in [1.165, 1.54) is 12.4 Å². The summed E-state index contributed by atoms with van der Waals surface area (Å²) in [4.78, 5) is 16.4. The number of ether oxygens (including phenoxy) is 1. The SMILES string of the molecule is O=C(CC(F)(F)F)N1CCC(Oc2ccncc2Cl)C1. The van der Waals surface area contributed by atoms with Gasteiger partial charge in [-0.2, -0.15) is 13.2 Å². The highest BCUT2D eigenvalue weighted by molar-refractivity contribution is 6.31. The molecule has 0 spiro atoms. The quantitative estimate of drug-likeness (QED) is 0.862. The number of aromatic nitrogens is 1. The van der Waals surface area contributed by atoms with Crippen LogP contribution >= 0.6 is 11.6 Å². The minimum Gasteiger partial charge on any atom is -0.487 e. The molecule has 1 aliphatic heterocycles. The summed E-state index contributed by atoms with van der Waals surface area (Å²) in [5, 5.41) is 0.326. The molecule has 2 rings (SSSR count). The molecule has 1 amide bonds. The summed E-state index contributed by atoms with van der Waals surface area (Å²) in [6.07, 6.45) is -2.88. The molecule has 0 aromatic carbocycles. The van der Waals surface area contributed by atoms with Gasteiger partial charge in [0, 0.05) is 31.4 Å². The first kappa shape index (κ1) is 14.9. The Bertz CT molecular complexity index is 496. The maximum Gasteiger partial charge on any atom is 0.397 e. The van der Waals surface area contributed by atoms with Crippen molar-refractivity contribution in [3.8, 4) is 5.75 Å². The van der Waals surface area contributed by atoms with Gasteiger partial charge in [-0.05, 0) is 0 Å². The third-order valence-corrected chi connectivity index (χ3v) is 3.16. The first-order valence-electron chi connectivity index (χ1n) is 5.96. The first-order chi connectivity index (χ1) is 9.35. The van der Waals surface area contributed by atoms with Crippen molar-refractivity contribution in [2.75, 3.05) is 13.1 Å². The van der Waals surface area contributed by atoms with Crippen LogP contribution in [0.5, 0.6) is 5.75 Å². The molecule has 1 atom stereocenters. The number of amides is 1. The summed E-state index contributed by atoms with van der Waals surface area (Å²) < 4.78 is 42.0. The van der Waals surface area contributed by atoms with Crippen LogP contribution in [0, 0.1) is 0 Å². The average Bonchev–Trinajstić information content (AvgIpc) is 2.79. The molecule has 1 fully saturated rings. The van der Waals surface area contributed by atoms with Gasteiger partial charge in [0.15, 0.2) is 0 Å². The number of nitrogens with zero attached hydrogens (tertiary/aromatic N) is 2. The Balaban J connectivity index is 1.90. The molecule has 0 aliphatic carbocycles. The molecule has 4 nitrogen and oxygen atoms in total. The Kier molecular flexibility index (Phi) is 4.37. The van der Waals surface area contributed by atoms with Gasteiger partial charge in [-0.1, -0.05) is 11.6 Å². The molecule has 2 heterocycles. The molecule has 1 aromatic rings. The molecule has 110 valence electrons. The summed E-state index contributed by atoms with van der Waals surface area (Å²) in [6.45, 7) is 0.385. The van der Waals surface area contributed by atoms with Crippen LogP contribution in [0.4, 0.5) is 13.2 Å². The number of carbonyl (C=O) groups is 1. The van der Waals surface area contributed by atoms with Crippen molar-refractivity contribution < 1.29 is 22.7 Å². The Hall–Kier alpha value is -1.50. The van der Waals surface area contributed by atoms with Gasteiger partial charge in [-0.25, -0.2) is 0 Å². The van der Waals surface area contributed by atoms with Crippen molar-refractivity contribution in [3.63, 3.8) is 0 Å². The highest BCUT2D eigenvalue weighted by Crippen LogP contribution is 2.27. The van der Waals surface area contributed by atoms with Crippen LogP contribution in [0.15, 0.2) is 18.5 Å². The lowest BCUT2D eigenvalue weighted by atomic mass is 10.3. The second-order valence-electron chi connectivity index (χ2n) is 4.47. The maximum atomic E-state index is 12.2. The second kappa shape index (κ2) is 5.87. The second-order valence-corrected chi connectivity index (χ2v) is 4.87. The average molecular weight is 309 g/mol. The zero-order valence-electron chi connectivity index (χ0n) is 10.4. The van der Waals surface area contributed by atoms with E-state index in [1.54, 1.807) is 6.07 Å². The summed E-state index contributed by atoms with van der Waals surface area (Å²) in [6, 6.07) is 1.57. The van der Waals surface area contributed by atoms with E-state index in [0.717, 1.165) is 4.90 Å². The Morgan fingerprint density at radius 1 is 1.55 bits per heavy atom. The number of carbonyl (C=O) groups excluding carboxylic acids is 1. The lowest BCUT2D eigenvalue weighted by Crippen LogP contribution is -2.33. The van der Waals surface area contributed by atoms with Gasteiger partial charge in [0.05, 0.1) is 6.54 Å². The van der Waals surface area contributed by atoms with E-state index in [2.05, 4.69) is 4.98 Å². The van der Waals surface area contributed by atoms with Crippen LogP contribution in [0.25, 0.3) is 0 Å². The van der Waals surface area contributed by atoms with Crippen LogP contribution in [0.3, 0.4) is 0 Å². The first-order valence-corrected chi connectivity index (χ1v) is 6.33. The molecule has 20 heavy (non-hydrogen) atoms. The molecule has 0 saturated carbocycles. The lowest BCUT2D eigenvalue weighted by molar-refractivity contribution is -0.160. The Morgan fingerprint density at radius 3 is 2.95 bits per heavy atom. The normalized spacial score (nSPS) is 19.2. The van der Waals surface area contributed by atoms with Crippen LogP contribution in [-0.4, -0.2) is 41.2 Å². The molecule has 1 aliphatic rings. The van der Waals surface area contributed by atoms with Crippen molar-refractivity contribution in [2.24, 2.45) is 0 Å². The molecule has 0 N–H and O–H groups in total. The fraction of sp³-hybridized carbons (Fsp3) is 0.500. The van der Waals surface area contributed by atoms with E-state index in [0.29, 0.717) is 17.2 Å². The van der Waals surface area contributed by atoms with Gasteiger partial charge in [0.1, 0.15) is 23.3 Å². The number of alkyl halides is 3. The predicted octanol–water partition coefficient (Wildman–Crippen LogP) is 2.67. The van der Waals surface area contributed by atoms with E-state index < -0.39 is 18.5 Å². The third kappa shape index (κ3) is 4.00. The predicted molar refractivity (Wildman–Crippen MR) is 65.5 cm³/mol. The smallest absolute Gasteiger partial charge is 0.397 e. The van der Waals surface area contributed by atoms with Crippen molar-refractivity contribution in [2.45, 2.75) is 25.1 Å². The zero-order chi connectivity index (χ0) is 14.8. The van der Waals surface area contributed by atoms with Gasteiger partial charge < -0.3 is 9.64 Å². The number of halogens is 4. The van der Waals surface area contributed by atoms with Gasteiger partial charge in [-0.3, -0.25) is 9.78 Å². The van der Waals surface area contributed by atoms with Gasteiger partial charge in [0.2, 0.25) is 5.91 Å². The van der Waals surface area contributed by atoms with E-state index in [1.807, 2.05) is 0 Å². The molecular formula is C12H12ClF3N2O2. The number of hydrogen-bond donors (Lipinski definition) is 0. The number of likely N-dealkylation sites (tertiary alicyclic amines) is 1. The van der Waals surface area contributed by atoms with Crippen molar-refractivity contribution in [1.82, 2.24) is 9.88 Å².